The van der Waals surface area contributed by atoms with Crippen LogP contribution in [0.15, 0.2) is 85.1 Å². The summed E-state index contributed by atoms with van der Waals surface area (Å²) in [5, 5.41) is 4.24. The third-order valence-corrected chi connectivity index (χ3v) is 5.90. The summed E-state index contributed by atoms with van der Waals surface area (Å²) >= 11 is 0. The van der Waals surface area contributed by atoms with Gasteiger partial charge in [0.15, 0.2) is 0 Å². The number of nitrogens with one attached hydrogen (secondary N) is 2. The van der Waals surface area contributed by atoms with Crippen LogP contribution < -0.4 is 5.32 Å². The minimum Gasteiger partial charge on any atom is -0.383 e. The Labute approximate surface area is 192 Å². The van der Waals surface area contributed by atoms with Crippen LogP contribution in [-0.4, -0.2) is 34.2 Å². The molecule has 1 amide bonds. The zero-order valence-corrected chi connectivity index (χ0v) is 18.5. The molecule has 166 valence electrons. The summed E-state index contributed by atoms with van der Waals surface area (Å²) in [6, 6.07) is 25.6. The Hall–Kier alpha value is -3.90. The summed E-state index contributed by atoms with van der Waals surface area (Å²) in [4.78, 5) is 21.4. The summed E-state index contributed by atoms with van der Waals surface area (Å²) in [5.41, 5.74) is 4.69. The average Bonchev–Trinajstić information content (AvgIpc) is 3.46. The fourth-order valence-corrected chi connectivity index (χ4v) is 4.17. The molecule has 2 aromatic heterocycles. The summed E-state index contributed by atoms with van der Waals surface area (Å²) in [5.74, 6) is 0.628. The Morgan fingerprint density at radius 3 is 2.70 bits per heavy atom. The van der Waals surface area contributed by atoms with E-state index in [-0.39, 0.29) is 11.9 Å². The van der Waals surface area contributed by atoms with Gasteiger partial charge in [0.1, 0.15) is 5.82 Å². The van der Waals surface area contributed by atoms with Gasteiger partial charge in [0.25, 0.3) is 5.91 Å². The number of carbonyl (C=O) groups excluding carboxylic acids is 1. The molecule has 0 aliphatic carbocycles. The van der Waals surface area contributed by atoms with Crippen LogP contribution in [0, 0.1) is 0 Å². The van der Waals surface area contributed by atoms with Crippen molar-refractivity contribution in [3.05, 3.63) is 102 Å². The molecule has 6 nitrogen and oxygen atoms in total. The van der Waals surface area contributed by atoms with E-state index in [9.17, 15) is 4.79 Å². The van der Waals surface area contributed by atoms with Gasteiger partial charge in [-0.3, -0.25) is 4.79 Å². The quantitative estimate of drug-likeness (QED) is 0.363. The second-order valence-electron chi connectivity index (χ2n) is 8.13. The van der Waals surface area contributed by atoms with E-state index >= 15 is 0 Å². The van der Waals surface area contributed by atoms with E-state index in [1.807, 2.05) is 72.9 Å². The first-order chi connectivity index (χ1) is 16.2. The summed E-state index contributed by atoms with van der Waals surface area (Å²) < 4.78 is 7.32. The third-order valence-electron chi connectivity index (χ3n) is 5.90. The van der Waals surface area contributed by atoms with E-state index < -0.39 is 0 Å². The molecule has 0 saturated heterocycles. The smallest absolute Gasteiger partial charge is 0.251 e. The van der Waals surface area contributed by atoms with Crippen molar-refractivity contribution in [2.75, 3.05) is 13.7 Å². The van der Waals surface area contributed by atoms with Crippen LogP contribution in [0.2, 0.25) is 0 Å². The minimum absolute atomic E-state index is 0.122. The average molecular weight is 439 g/mol. The fourth-order valence-electron chi connectivity index (χ4n) is 4.17. The molecule has 6 heteroatoms. The molecule has 2 heterocycles. The van der Waals surface area contributed by atoms with E-state index in [1.165, 1.54) is 0 Å². The summed E-state index contributed by atoms with van der Waals surface area (Å²) in [6.45, 7) is 1.42. The van der Waals surface area contributed by atoms with Gasteiger partial charge in [0.2, 0.25) is 0 Å². The molecule has 0 fully saturated rings. The molecule has 3 aromatic carbocycles. The van der Waals surface area contributed by atoms with Crippen molar-refractivity contribution in [1.82, 2.24) is 19.9 Å². The van der Waals surface area contributed by atoms with Gasteiger partial charge in [-0.05, 0) is 48.4 Å². The fraction of sp³-hybridized carbons (Fsp3) is 0.185. The number of hydrogen-bond donors (Lipinski definition) is 2. The number of fused-ring (bicyclic) bond motifs is 2. The highest BCUT2D eigenvalue weighted by atomic mass is 16.5. The van der Waals surface area contributed by atoms with Crippen molar-refractivity contribution in [3.8, 4) is 0 Å². The molecule has 5 aromatic rings. The predicted molar refractivity (Wildman–Crippen MR) is 130 cm³/mol. The lowest BCUT2D eigenvalue weighted by Gasteiger charge is -2.17. The van der Waals surface area contributed by atoms with Gasteiger partial charge in [0.05, 0.1) is 23.7 Å². The lowest BCUT2D eigenvalue weighted by Crippen LogP contribution is -2.30. The van der Waals surface area contributed by atoms with Crippen LogP contribution in [0.4, 0.5) is 0 Å². The molecule has 0 aliphatic heterocycles. The molecule has 0 aliphatic rings. The van der Waals surface area contributed by atoms with Crippen molar-refractivity contribution in [2.45, 2.75) is 19.0 Å². The third kappa shape index (κ3) is 4.52. The number of methoxy groups -OCH3 is 1. The van der Waals surface area contributed by atoms with Crippen molar-refractivity contribution >= 4 is 27.8 Å². The number of hydrogen-bond acceptors (Lipinski definition) is 3. The van der Waals surface area contributed by atoms with Gasteiger partial charge >= 0.3 is 0 Å². The second kappa shape index (κ2) is 9.30. The van der Waals surface area contributed by atoms with Crippen molar-refractivity contribution in [1.29, 1.82) is 0 Å². The van der Waals surface area contributed by atoms with Gasteiger partial charge in [-0.15, -0.1) is 0 Å². The molecule has 0 radical (unpaired) electrons. The van der Waals surface area contributed by atoms with E-state index in [4.69, 9.17) is 9.72 Å². The van der Waals surface area contributed by atoms with Crippen LogP contribution in [-0.2, 0) is 17.7 Å². The Morgan fingerprint density at radius 1 is 1.06 bits per heavy atom. The molecular weight excluding hydrogens is 412 g/mol. The topological polar surface area (TPSA) is 71.9 Å². The number of para-hydroxylation sites is 2. The first-order valence-corrected chi connectivity index (χ1v) is 11.1. The molecule has 0 unspecified atom stereocenters. The molecule has 5 rings (SSSR count). The number of aromatic nitrogens is 3. The largest absolute Gasteiger partial charge is 0.383 e. The number of carbonyl (C=O) groups is 1. The van der Waals surface area contributed by atoms with Gasteiger partial charge in [-0.25, -0.2) is 4.98 Å². The first-order valence-electron chi connectivity index (χ1n) is 11.1. The molecule has 0 bridgehead atoms. The van der Waals surface area contributed by atoms with E-state index in [0.29, 0.717) is 18.6 Å². The Bertz CT molecular complexity index is 1350. The maximum Gasteiger partial charge on any atom is 0.251 e. The molecule has 1 atom stereocenters. The number of nitrogens with zero attached hydrogens (tertiary/aromatic N) is 2. The number of H-pyrrole nitrogens is 1. The monoisotopic (exact) mass is 438 g/mol. The first kappa shape index (κ1) is 21.0. The van der Waals surface area contributed by atoms with E-state index in [2.05, 4.69) is 27.0 Å². The second-order valence-corrected chi connectivity index (χ2v) is 8.13. The van der Waals surface area contributed by atoms with Crippen molar-refractivity contribution < 1.29 is 9.53 Å². The van der Waals surface area contributed by atoms with Gasteiger partial charge < -0.3 is 19.6 Å². The molecule has 0 saturated carbocycles. The molecular formula is C27H26N4O2. The maximum absolute atomic E-state index is 13.3. The normalized spacial score (nSPS) is 12.3. The van der Waals surface area contributed by atoms with Gasteiger partial charge in [0, 0.05) is 36.3 Å². The van der Waals surface area contributed by atoms with Crippen LogP contribution in [0.3, 0.4) is 0 Å². The zero-order valence-electron chi connectivity index (χ0n) is 18.5. The number of aromatic amines is 1. The van der Waals surface area contributed by atoms with Crippen molar-refractivity contribution in [2.24, 2.45) is 0 Å². The number of rotatable bonds is 8. The Kier molecular flexibility index (Phi) is 5.91. The molecule has 33 heavy (non-hydrogen) atoms. The number of ether oxygens (including phenoxy) is 1. The van der Waals surface area contributed by atoms with Crippen LogP contribution in [0.5, 0.6) is 0 Å². The molecule has 0 spiro atoms. The van der Waals surface area contributed by atoms with Crippen LogP contribution in [0.25, 0.3) is 21.9 Å². The van der Waals surface area contributed by atoms with E-state index in [1.54, 1.807) is 7.11 Å². The highest BCUT2D eigenvalue weighted by molar-refractivity contribution is 5.98. The van der Waals surface area contributed by atoms with Crippen molar-refractivity contribution in [3.63, 3.8) is 0 Å². The van der Waals surface area contributed by atoms with Gasteiger partial charge in [-0.1, -0.05) is 42.5 Å². The standard InChI is InChI=1S/C27H26N4O2/c1-33-16-15-31-14-13-20-18-21(11-12-25(20)31)27(32)30-24(17-19-7-3-2-4-8-19)26-28-22-9-5-6-10-23(22)29-26/h2-14,18,24H,15-17H2,1H3,(H,28,29)(H,30,32)/t24-/m0/s1. The molecule has 2 N–H and O–H groups in total. The maximum atomic E-state index is 13.3. The highest BCUT2D eigenvalue weighted by Crippen LogP contribution is 2.22. The van der Waals surface area contributed by atoms with Crippen LogP contribution >= 0.6 is 0 Å². The number of imidazole rings is 1. The lowest BCUT2D eigenvalue weighted by atomic mass is 10.0. The Morgan fingerprint density at radius 2 is 1.88 bits per heavy atom. The number of benzene rings is 3. The Balaban J connectivity index is 1.42. The summed E-state index contributed by atoms with van der Waals surface area (Å²) in [6.07, 6.45) is 2.67. The van der Waals surface area contributed by atoms with Crippen LogP contribution in [0.1, 0.15) is 27.8 Å². The van der Waals surface area contributed by atoms with Gasteiger partial charge in [-0.2, -0.15) is 0 Å². The van der Waals surface area contributed by atoms with E-state index in [0.717, 1.165) is 39.9 Å². The summed E-state index contributed by atoms with van der Waals surface area (Å²) in [7, 11) is 1.70. The zero-order chi connectivity index (χ0) is 22.6. The highest BCUT2D eigenvalue weighted by Gasteiger charge is 2.20. The minimum atomic E-state index is -0.283. The predicted octanol–water partition coefficient (Wildman–Crippen LogP) is 4.88. The number of amides is 1. The SMILES string of the molecule is COCCn1ccc2cc(C(=O)N[C@@H](Cc3ccccc3)c3nc4ccccc4[nH]3)ccc21. The lowest BCUT2D eigenvalue weighted by molar-refractivity contribution is 0.0935.